The van der Waals surface area contributed by atoms with Gasteiger partial charge in [-0.1, -0.05) is 11.3 Å². The molecule has 2 aromatic carbocycles. The lowest BCUT2D eigenvalue weighted by Gasteiger charge is -2.20. The van der Waals surface area contributed by atoms with Crippen LogP contribution in [0.3, 0.4) is 0 Å². The van der Waals surface area contributed by atoms with Gasteiger partial charge in [0, 0.05) is 12.5 Å². The SMILES string of the molecule is COc1ccc(N(CC(N)=O)C(C)=O)c2sc(NC(=O)c3ccc(F)cc3)nc12. The Bertz CT molecular complexity index is 1100. The van der Waals surface area contributed by atoms with Crippen LogP contribution in [0.25, 0.3) is 10.2 Å². The summed E-state index contributed by atoms with van der Waals surface area (Å²) in [6.07, 6.45) is 0. The summed E-state index contributed by atoms with van der Waals surface area (Å²) in [6.45, 7) is 1.02. The van der Waals surface area contributed by atoms with Gasteiger partial charge in [-0.3, -0.25) is 19.7 Å². The van der Waals surface area contributed by atoms with Crippen LogP contribution in [0, 0.1) is 5.82 Å². The lowest BCUT2D eigenvalue weighted by atomic mass is 10.2. The quantitative estimate of drug-likeness (QED) is 0.641. The molecule has 0 saturated carbocycles. The van der Waals surface area contributed by atoms with Crippen molar-refractivity contribution in [1.29, 1.82) is 0 Å². The highest BCUT2D eigenvalue weighted by Gasteiger charge is 2.22. The van der Waals surface area contributed by atoms with E-state index in [1.165, 1.54) is 43.2 Å². The number of thiazole rings is 1. The van der Waals surface area contributed by atoms with Crippen molar-refractivity contribution in [3.05, 3.63) is 47.8 Å². The Morgan fingerprint density at radius 1 is 1.21 bits per heavy atom. The molecule has 3 N–H and O–H groups in total. The van der Waals surface area contributed by atoms with Crippen molar-refractivity contribution >= 4 is 50.1 Å². The molecule has 0 aliphatic rings. The number of halogens is 1. The van der Waals surface area contributed by atoms with Crippen LogP contribution >= 0.6 is 11.3 Å². The highest BCUT2D eigenvalue weighted by Crippen LogP contribution is 2.39. The first-order valence-corrected chi connectivity index (χ1v) is 9.22. The van der Waals surface area contributed by atoms with Gasteiger partial charge in [0.1, 0.15) is 23.6 Å². The average molecular weight is 416 g/mol. The average Bonchev–Trinajstić information content (AvgIpc) is 3.09. The molecule has 0 spiro atoms. The Hall–Kier alpha value is -3.53. The van der Waals surface area contributed by atoms with Crippen LogP contribution in [-0.4, -0.2) is 36.4 Å². The number of nitrogens with one attached hydrogen (secondary N) is 1. The molecule has 8 nitrogen and oxygen atoms in total. The monoisotopic (exact) mass is 416 g/mol. The highest BCUT2D eigenvalue weighted by atomic mass is 32.1. The van der Waals surface area contributed by atoms with Gasteiger partial charge >= 0.3 is 0 Å². The van der Waals surface area contributed by atoms with Crippen LogP contribution < -0.4 is 20.7 Å². The van der Waals surface area contributed by atoms with E-state index in [4.69, 9.17) is 10.5 Å². The number of rotatable bonds is 6. The minimum Gasteiger partial charge on any atom is -0.494 e. The lowest BCUT2D eigenvalue weighted by molar-refractivity contribution is -0.121. The summed E-state index contributed by atoms with van der Waals surface area (Å²) >= 11 is 1.11. The number of ether oxygens (including phenoxy) is 1. The minimum atomic E-state index is -0.668. The number of nitrogens with zero attached hydrogens (tertiary/aromatic N) is 2. The fraction of sp³-hybridized carbons (Fsp3) is 0.158. The molecule has 0 atom stereocenters. The van der Waals surface area contributed by atoms with E-state index in [9.17, 15) is 18.8 Å². The number of benzene rings is 2. The number of hydrogen-bond donors (Lipinski definition) is 2. The van der Waals surface area contributed by atoms with Crippen LogP contribution in [0.4, 0.5) is 15.2 Å². The van der Waals surface area contributed by atoms with Gasteiger partial charge in [0.25, 0.3) is 5.91 Å². The zero-order chi connectivity index (χ0) is 21.1. The molecule has 1 heterocycles. The largest absolute Gasteiger partial charge is 0.494 e. The van der Waals surface area contributed by atoms with Gasteiger partial charge in [0.05, 0.1) is 17.5 Å². The summed E-state index contributed by atoms with van der Waals surface area (Å²) < 4.78 is 18.9. The standard InChI is InChI=1S/C19H17FN4O4S/c1-10(25)24(9-15(21)26)13-7-8-14(28-2)16-17(13)29-19(22-16)23-18(27)11-3-5-12(20)6-4-11/h3-8H,9H2,1-2H3,(H2,21,26)(H,22,23,27). The normalized spacial score (nSPS) is 10.6. The molecule has 3 rings (SSSR count). The fourth-order valence-corrected chi connectivity index (χ4v) is 3.69. The van der Waals surface area contributed by atoms with E-state index in [0.29, 0.717) is 21.7 Å². The molecule has 0 radical (unpaired) electrons. The van der Waals surface area contributed by atoms with E-state index in [1.807, 2.05) is 0 Å². The lowest BCUT2D eigenvalue weighted by Crippen LogP contribution is -2.37. The third kappa shape index (κ3) is 4.32. The summed E-state index contributed by atoms with van der Waals surface area (Å²) in [5.41, 5.74) is 6.36. The molecule has 1 aromatic heterocycles. The van der Waals surface area contributed by atoms with Crippen molar-refractivity contribution in [2.75, 3.05) is 23.9 Å². The number of amides is 3. The molecule has 0 bridgehead atoms. The Balaban J connectivity index is 2.02. The molecular weight excluding hydrogens is 399 g/mol. The summed E-state index contributed by atoms with van der Waals surface area (Å²) in [4.78, 5) is 41.4. The number of anilines is 2. The van der Waals surface area contributed by atoms with Crippen LogP contribution in [0.15, 0.2) is 36.4 Å². The first-order chi connectivity index (χ1) is 13.8. The van der Waals surface area contributed by atoms with E-state index in [-0.39, 0.29) is 23.1 Å². The van der Waals surface area contributed by atoms with E-state index < -0.39 is 17.6 Å². The van der Waals surface area contributed by atoms with Gasteiger partial charge < -0.3 is 15.4 Å². The smallest absolute Gasteiger partial charge is 0.257 e. The third-order valence-electron chi connectivity index (χ3n) is 4.02. The van der Waals surface area contributed by atoms with Crippen molar-refractivity contribution in [1.82, 2.24) is 4.98 Å². The summed E-state index contributed by atoms with van der Waals surface area (Å²) in [7, 11) is 1.47. The zero-order valence-corrected chi connectivity index (χ0v) is 16.4. The van der Waals surface area contributed by atoms with Crippen molar-refractivity contribution in [2.24, 2.45) is 5.73 Å². The molecule has 3 amide bonds. The maximum absolute atomic E-state index is 13.1. The van der Waals surface area contributed by atoms with Gasteiger partial charge in [-0.25, -0.2) is 9.37 Å². The van der Waals surface area contributed by atoms with E-state index >= 15 is 0 Å². The molecule has 150 valence electrons. The number of carbonyl (C=O) groups excluding carboxylic acids is 3. The Morgan fingerprint density at radius 3 is 2.48 bits per heavy atom. The molecule has 0 saturated heterocycles. The molecule has 0 unspecified atom stereocenters. The van der Waals surface area contributed by atoms with Gasteiger partial charge in [-0.05, 0) is 36.4 Å². The molecular formula is C19H17FN4O4S. The van der Waals surface area contributed by atoms with Crippen molar-refractivity contribution in [3.8, 4) is 5.75 Å². The first kappa shape index (κ1) is 20.2. The number of nitrogens with two attached hydrogens (primary N) is 1. The minimum absolute atomic E-state index is 0.252. The van der Waals surface area contributed by atoms with Gasteiger partial charge in [-0.15, -0.1) is 0 Å². The van der Waals surface area contributed by atoms with Crippen LogP contribution in [0.1, 0.15) is 17.3 Å². The molecule has 29 heavy (non-hydrogen) atoms. The van der Waals surface area contributed by atoms with Gasteiger partial charge in [-0.2, -0.15) is 0 Å². The number of hydrogen-bond acceptors (Lipinski definition) is 6. The highest BCUT2D eigenvalue weighted by molar-refractivity contribution is 7.23. The maximum atomic E-state index is 13.1. The Morgan fingerprint density at radius 2 is 1.90 bits per heavy atom. The Kier molecular flexibility index (Phi) is 5.74. The molecule has 0 aliphatic carbocycles. The predicted octanol–water partition coefficient (Wildman–Crippen LogP) is 2.53. The zero-order valence-electron chi connectivity index (χ0n) is 15.6. The Labute approximate surface area is 169 Å². The number of fused-ring (bicyclic) bond motifs is 1. The number of methoxy groups -OCH3 is 1. The van der Waals surface area contributed by atoms with E-state index in [1.54, 1.807) is 12.1 Å². The van der Waals surface area contributed by atoms with Crippen molar-refractivity contribution in [2.45, 2.75) is 6.92 Å². The van der Waals surface area contributed by atoms with Crippen molar-refractivity contribution < 1.29 is 23.5 Å². The first-order valence-electron chi connectivity index (χ1n) is 8.41. The van der Waals surface area contributed by atoms with Gasteiger partial charge in [0.2, 0.25) is 11.8 Å². The topological polar surface area (TPSA) is 115 Å². The molecule has 0 aliphatic heterocycles. The maximum Gasteiger partial charge on any atom is 0.257 e. The summed E-state index contributed by atoms with van der Waals surface area (Å²) in [5, 5.41) is 2.90. The summed E-state index contributed by atoms with van der Waals surface area (Å²) in [5.74, 6) is -1.52. The molecule has 10 heteroatoms. The van der Waals surface area contributed by atoms with Crippen molar-refractivity contribution in [3.63, 3.8) is 0 Å². The summed E-state index contributed by atoms with van der Waals surface area (Å²) in [6, 6.07) is 8.31. The predicted molar refractivity (Wildman–Crippen MR) is 108 cm³/mol. The number of carbonyl (C=O) groups is 3. The second-order valence-corrected chi connectivity index (χ2v) is 7.02. The van der Waals surface area contributed by atoms with Gasteiger partial charge in [0.15, 0.2) is 5.13 Å². The number of aromatic nitrogens is 1. The van der Waals surface area contributed by atoms with Crippen LogP contribution in [-0.2, 0) is 9.59 Å². The molecule has 0 fully saturated rings. The van der Waals surface area contributed by atoms with E-state index in [0.717, 1.165) is 11.3 Å². The third-order valence-corrected chi connectivity index (χ3v) is 5.01. The van der Waals surface area contributed by atoms with Crippen LogP contribution in [0.5, 0.6) is 5.75 Å². The fourth-order valence-electron chi connectivity index (χ4n) is 2.69. The van der Waals surface area contributed by atoms with E-state index in [2.05, 4.69) is 10.3 Å². The second kappa shape index (κ2) is 8.23. The molecule has 3 aromatic rings. The van der Waals surface area contributed by atoms with Crippen LogP contribution in [0.2, 0.25) is 0 Å². The second-order valence-electron chi connectivity index (χ2n) is 6.02. The number of primary amides is 1.